The molecule has 2 N–H and O–H groups in total. The summed E-state index contributed by atoms with van der Waals surface area (Å²) in [6, 6.07) is 10.9. The molecule has 1 atom stereocenters. The average molecular weight is 370 g/mol. The van der Waals surface area contributed by atoms with Gasteiger partial charge in [-0.1, -0.05) is 32.0 Å². The molecule has 0 aliphatic carbocycles. The number of guanidine groups is 1. The standard InChI is InChI=1S/C21H31N5O/c1-16(2)20(27)26-14-10-18(15-26)24-21(22-3)23-11-6-12-25-13-9-17-7-4-5-8-19(17)25/h4-5,7-9,13,16,18H,6,10-12,14-15H2,1-3H3,(H2,22,23,24). The van der Waals surface area contributed by atoms with Crippen LogP contribution in [0.3, 0.4) is 0 Å². The molecule has 27 heavy (non-hydrogen) atoms. The second-order valence-corrected chi connectivity index (χ2v) is 7.49. The normalized spacial score (nSPS) is 17.7. The lowest BCUT2D eigenvalue weighted by atomic mass is 10.2. The molecule has 0 bridgehead atoms. The molecular formula is C21H31N5O. The van der Waals surface area contributed by atoms with Crippen LogP contribution in [0.1, 0.15) is 26.7 Å². The van der Waals surface area contributed by atoms with E-state index in [4.69, 9.17) is 0 Å². The molecular weight excluding hydrogens is 338 g/mol. The van der Waals surface area contributed by atoms with Crippen molar-refractivity contribution in [3.8, 4) is 0 Å². The van der Waals surface area contributed by atoms with E-state index in [1.54, 1.807) is 7.05 Å². The zero-order valence-electron chi connectivity index (χ0n) is 16.6. The van der Waals surface area contributed by atoms with Crippen molar-refractivity contribution in [3.63, 3.8) is 0 Å². The summed E-state index contributed by atoms with van der Waals surface area (Å²) in [6.45, 7) is 7.32. The summed E-state index contributed by atoms with van der Waals surface area (Å²) in [4.78, 5) is 18.4. The number of fused-ring (bicyclic) bond motifs is 1. The van der Waals surface area contributed by atoms with E-state index < -0.39 is 0 Å². The lowest BCUT2D eigenvalue weighted by Gasteiger charge is -2.20. The van der Waals surface area contributed by atoms with Gasteiger partial charge in [0.25, 0.3) is 0 Å². The van der Waals surface area contributed by atoms with Crippen molar-refractivity contribution in [3.05, 3.63) is 36.5 Å². The van der Waals surface area contributed by atoms with Gasteiger partial charge in [0.1, 0.15) is 0 Å². The van der Waals surface area contributed by atoms with E-state index in [0.717, 1.165) is 45.0 Å². The highest BCUT2D eigenvalue weighted by Crippen LogP contribution is 2.15. The molecule has 1 fully saturated rings. The van der Waals surface area contributed by atoms with Crippen molar-refractivity contribution in [2.75, 3.05) is 26.7 Å². The van der Waals surface area contributed by atoms with Crippen molar-refractivity contribution in [1.29, 1.82) is 0 Å². The Morgan fingerprint density at radius 3 is 2.89 bits per heavy atom. The molecule has 0 saturated carbocycles. The monoisotopic (exact) mass is 369 g/mol. The smallest absolute Gasteiger partial charge is 0.225 e. The second-order valence-electron chi connectivity index (χ2n) is 7.49. The Morgan fingerprint density at radius 1 is 1.30 bits per heavy atom. The number of nitrogens with one attached hydrogen (secondary N) is 2. The van der Waals surface area contributed by atoms with Crippen LogP contribution in [0, 0.1) is 5.92 Å². The first-order valence-corrected chi connectivity index (χ1v) is 9.88. The summed E-state index contributed by atoms with van der Waals surface area (Å²) in [6.07, 6.45) is 4.13. The third kappa shape index (κ3) is 4.81. The fourth-order valence-corrected chi connectivity index (χ4v) is 3.62. The molecule has 3 rings (SSSR count). The summed E-state index contributed by atoms with van der Waals surface area (Å²) in [5.74, 6) is 1.11. The number of para-hydroxylation sites is 1. The van der Waals surface area contributed by atoms with Crippen LogP contribution >= 0.6 is 0 Å². The first-order valence-electron chi connectivity index (χ1n) is 9.88. The van der Waals surface area contributed by atoms with Crippen LogP contribution in [0.25, 0.3) is 10.9 Å². The van der Waals surface area contributed by atoms with E-state index in [2.05, 4.69) is 56.7 Å². The van der Waals surface area contributed by atoms with E-state index >= 15 is 0 Å². The quantitative estimate of drug-likeness (QED) is 0.467. The zero-order valence-corrected chi connectivity index (χ0v) is 16.6. The third-order valence-electron chi connectivity index (χ3n) is 5.11. The van der Waals surface area contributed by atoms with Crippen molar-refractivity contribution in [2.45, 2.75) is 39.3 Å². The fourth-order valence-electron chi connectivity index (χ4n) is 3.62. The highest BCUT2D eigenvalue weighted by Gasteiger charge is 2.27. The Hall–Kier alpha value is -2.50. The number of aliphatic imine (C=N–C) groups is 1. The maximum absolute atomic E-state index is 12.1. The lowest BCUT2D eigenvalue weighted by Crippen LogP contribution is -2.45. The van der Waals surface area contributed by atoms with Crippen LogP contribution in [0.2, 0.25) is 0 Å². The maximum atomic E-state index is 12.1. The van der Waals surface area contributed by atoms with E-state index in [-0.39, 0.29) is 17.9 Å². The highest BCUT2D eigenvalue weighted by molar-refractivity contribution is 5.81. The molecule has 1 amide bonds. The van der Waals surface area contributed by atoms with Crippen LogP contribution < -0.4 is 10.6 Å². The molecule has 1 aromatic carbocycles. The molecule has 0 radical (unpaired) electrons. The van der Waals surface area contributed by atoms with E-state index in [9.17, 15) is 4.79 Å². The Kier molecular flexibility index (Phi) is 6.37. The van der Waals surface area contributed by atoms with E-state index in [1.807, 2.05) is 18.7 Å². The maximum Gasteiger partial charge on any atom is 0.225 e. The molecule has 1 saturated heterocycles. The number of rotatable bonds is 6. The van der Waals surface area contributed by atoms with Gasteiger partial charge in [-0.05, 0) is 30.4 Å². The minimum absolute atomic E-state index is 0.0611. The number of benzene rings is 1. The van der Waals surface area contributed by atoms with E-state index in [0.29, 0.717) is 0 Å². The number of carbonyl (C=O) groups is 1. The van der Waals surface area contributed by atoms with Crippen LogP contribution in [-0.4, -0.2) is 54.1 Å². The number of nitrogens with zero attached hydrogens (tertiary/aromatic N) is 3. The molecule has 2 aromatic rings. The minimum Gasteiger partial charge on any atom is -0.356 e. The SMILES string of the molecule is CN=C(NCCCn1ccc2ccccc21)NC1CCN(C(=O)C(C)C)C1. The minimum atomic E-state index is 0.0611. The lowest BCUT2D eigenvalue weighted by molar-refractivity contribution is -0.133. The first kappa shape index (κ1) is 19.3. The van der Waals surface area contributed by atoms with Gasteiger partial charge in [0, 0.05) is 56.9 Å². The Bertz CT molecular complexity index is 795. The summed E-state index contributed by atoms with van der Waals surface area (Å²) in [5.41, 5.74) is 1.28. The van der Waals surface area contributed by atoms with Gasteiger partial charge in [0.05, 0.1) is 0 Å². The number of hydrogen-bond acceptors (Lipinski definition) is 2. The zero-order chi connectivity index (χ0) is 19.2. The summed E-state index contributed by atoms with van der Waals surface area (Å²) in [5, 5.41) is 8.13. The first-order chi connectivity index (χ1) is 13.1. The number of hydrogen-bond donors (Lipinski definition) is 2. The van der Waals surface area contributed by atoms with Gasteiger partial charge in [-0.3, -0.25) is 9.79 Å². The molecule has 1 aromatic heterocycles. The van der Waals surface area contributed by atoms with Crippen LogP contribution in [0.4, 0.5) is 0 Å². The number of aryl methyl sites for hydroxylation is 1. The molecule has 1 aliphatic heterocycles. The predicted octanol–water partition coefficient (Wildman–Crippen LogP) is 2.45. The molecule has 0 spiro atoms. The Labute approximate surface area is 161 Å². The van der Waals surface area contributed by atoms with Gasteiger partial charge in [-0.25, -0.2) is 0 Å². The molecule has 6 heteroatoms. The van der Waals surface area contributed by atoms with Crippen LogP contribution in [0.15, 0.2) is 41.5 Å². The molecule has 6 nitrogen and oxygen atoms in total. The third-order valence-corrected chi connectivity index (χ3v) is 5.11. The fraction of sp³-hybridized carbons (Fsp3) is 0.524. The van der Waals surface area contributed by atoms with Gasteiger partial charge < -0.3 is 20.1 Å². The van der Waals surface area contributed by atoms with Crippen molar-refractivity contribution < 1.29 is 4.79 Å². The summed E-state index contributed by atoms with van der Waals surface area (Å²) >= 11 is 0. The van der Waals surface area contributed by atoms with Gasteiger partial charge in [-0.15, -0.1) is 0 Å². The molecule has 2 heterocycles. The van der Waals surface area contributed by atoms with Gasteiger partial charge in [-0.2, -0.15) is 0 Å². The largest absolute Gasteiger partial charge is 0.356 e. The van der Waals surface area contributed by atoms with E-state index in [1.165, 1.54) is 10.9 Å². The van der Waals surface area contributed by atoms with Gasteiger partial charge >= 0.3 is 0 Å². The van der Waals surface area contributed by atoms with Crippen LogP contribution in [-0.2, 0) is 11.3 Å². The second kappa shape index (κ2) is 8.93. The van der Waals surface area contributed by atoms with Crippen LogP contribution in [0.5, 0.6) is 0 Å². The molecule has 1 unspecified atom stereocenters. The van der Waals surface area contributed by atoms with Crippen molar-refractivity contribution in [1.82, 2.24) is 20.1 Å². The predicted molar refractivity (Wildman–Crippen MR) is 111 cm³/mol. The Balaban J connectivity index is 1.41. The number of amides is 1. The molecule has 146 valence electrons. The summed E-state index contributed by atoms with van der Waals surface area (Å²) in [7, 11) is 1.79. The number of carbonyl (C=O) groups excluding carboxylic acids is 1. The average Bonchev–Trinajstić information content (AvgIpc) is 3.30. The van der Waals surface area contributed by atoms with Crippen molar-refractivity contribution >= 4 is 22.8 Å². The van der Waals surface area contributed by atoms with Gasteiger partial charge in [0.15, 0.2) is 5.96 Å². The Morgan fingerprint density at radius 2 is 2.11 bits per heavy atom. The summed E-state index contributed by atoms with van der Waals surface area (Å²) < 4.78 is 2.29. The topological polar surface area (TPSA) is 61.7 Å². The van der Waals surface area contributed by atoms with Gasteiger partial charge in [0.2, 0.25) is 5.91 Å². The number of likely N-dealkylation sites (tertiary alicyclic amines) is 1. The highest BCUT2D eigenvalue weighted by atomic mass is 16.2. The molecule has 1 aliphatic rings. The number of aromatic nitrogens is 1. The van der Waals surface area contributed by atoms with Crippen molar-refractivity contribution in [2.24, 2.45) is 10.9 Å².